The standard InChI is InChI=1S/C13H20N2O2/c1-3-15(9-11-5-4-8-17-11)12(16)13(2)6-7-14-10-13/h4-5,8,14H,3,6-7,9-10H2,1-2H3. The predicted octanol–water partition coefficient (Wildman–Crippen LogP) is 1.63. The van der Waals surface area contributed by atoms with Crippen LogP contribution in [-0.2, 0) is 11.3 Å². The van der Waals surface area contributed by atoms with E-state index in [0.717, 1.165) is 31.8 Å². The fraction of sp³-hybridized carbons (Fsp3) is 0.615. The molecule has 0 bridgehead atoms. The second-order valence-electron chi connectivity index (χ2n) is 4.89. The number of carbonyl (C=O) groups excluding carboxylic acids is 1. The topological polar surface area (TPSA) is 45.5 Å². The van der Waals surface area contributed by atoms with Crippen LogP contribution < -0.4 is 5.32 Å². The third-order valence-electron chi connectivity index (χ3n) is 3.48. The van der Waals surface area contributed by atoms with Gasteiger partial charge < -0.3 is 14.6 Å². The lowest BCUT2D eigenvalue weighted by Gasteiger charge is -2.29. The molecule has 1 aromatic heterocycles. The number of nitrogens with zero attached hydrogens (tertiary/aromatic N) is 1. The summed E-state index contributed by atoms with van der Waals surface area (Å²) >= 11 is 0. The molecule has 2 heterocycles. The number of nitrogens with one attached hydrogen (secondary N) is 1. The molecule has 4 nitrogen and oxygen atoms in total. The number of rotatable bonds is 4. The summed E-state index contributed by atoms with van der Waals surface area (Å²) in [5, 5.41) is 3.26. The summed E-state index contributed by atoms with van der Waals surface area (Å²) in [6.07, 6.45) is 2.56. The van der Waals surface area contributed by atoms with Gasteiger partial charge >= 0.3 is 0 Å². The molecule has 0 spiro atoms. The molecule has 94 valence electrons. The van der Waals surface area contributed by atoms with Crippen LogP contribution in [0, 0.1) is 5.41 Å². The highest BCUT2D eigenvalue weighted by molar-refractivity contribution is 5.83. The molecular formula is C13H20N2O2. The Morgan fingerprint density at radius 2 is 2.47 bits per heavy atom. The second-order valence-corrected chi connectivity index (χ2v) is 4.89. The Morgan fingerprint density at radius 3 is 3.00 bits per heavy atom. The van der Waals surface area contributed by atoms with Gasteiger partial charge in [0.1, 0.15) is 5.76 Å². The molecule has 2 rings (SSSR count). The molecule has 1 unspecified atom stereocenters. The largest absolute Gasteiger partial charge is 0.467 e. The zero-order valence-corrected chi connectivity index (χ0v) is 10.5. The zero-order chi connectivity index (χ0) is 12.3. The second kappa shape index (κ2) is 4.92. The Balaban J connectivity index is 2.05. The quantitative estimate of drug-likeness (QED) is 0.864. The van der Waals surface area contributed by atoms with E-state index in [2.05, 4.69) is 5.32 Å². The first-order valence-electron chi connectivity index (χ1n) is 6.18. The number of carbonyl (C=O) groups is 1. The van der Waals surface area contributed by atoms with Gasteiger partial charge in [-0.25, -0.2) is 0 Å². The molecule has 0 aromatic carbocycles. The lowest BCUT2D eigenvalue weighted by Crippen LogP contribution is -2.43. The highest BCUT2D eigenvalue weighted by Gasteiger charge is 2.38. The van der Waals surface area contributed by atoms with Gasteiger partial charge in [0, 0.05) is 13.1 Å². The van der Waals surface area contributed by atoms with Crippen LogP contribution in [0.15, 0.2) is 22.8 Å². The number of furan rings is 1. The van der Waals surface area contributed by atoms with E-state index in [1.807, 2.05) is 30.9 Å². The average Bonchev–Trinajstić information content (AvgIpc) is 2.97. The molecular weight excluding hydrogens is 216 g/mol. The van der Waals surface area contributed by atoms with Gasteiger partial charge in [0.05, 0.1) is 18.2 Å². The van der Waals surface area contributed by atoms with Crippen molar-refractivity contribution in [1.82, 2.24) is 10.2 Å². The molecule has 1 atom stereocenters. The van der Waals surface area contributed by atoms with Gasteiger partial charge in [-0.2, -0.15) is 0 Å². The normalized spacial score (nSPS) is 23.9. The van der Waals surface area contributed by atoms with Gasteiger partial charge in [-0.15, -0.1) is 0 Å². The molecule has 1 amide bonds. The van der Waals surface area contributed by atoms with E-state index in [4.69, 9.17) is 4.42 Å². The van der Waals surface area contributed by atoms with Crippen LogP contribution in [0.1, 0.15) is 26.0 Å². The highest BCUT2D eigenvalue weighted by atomic mass is 16.3. The van der Waals surface area contributed by atoms with Crippen molar-refractivity contribution in [2.24, 2.45) is 5.41 Å². The Bertz CT molecular complexity index is 367. The van der Waals surface area contributed by atoms with E-state index >= 15 is 0 Å². The van der Waals surface area contributed by atoms with Crippen molar-refractivity contribution in [3.63, 3.8) is 0 Å². The molecule has 1 saturated heterocycles. The Kier molecular flexibility index (Phi) is 3.52. The van der Waals surface area contributed by atoms with Crippen molar-refractivity contribution in [2.45, 2.75) is 26.8 Å². The van der Waals surface area contributed by atoms with E-state index < -0.39 is 0 Å². The molecule has 1 aromatic rings. The summed E-state index contributed by atoms with van der Waals surface area (Å²) in [7, 11) is 0. The van der Waals surface area contributed by atoms with Gasteiger partial charge in [-0.1, -0.05) is 0 Å². The van der Waals surface area contributed by atoms with E-state index in [1.165, 1.54) is 0 Å². The summed E-state index contributed by atoms with van der Waals surface area (Å²) < 4.78 is 5.30. The SMILES string of the molecule is CCN(Cc1ccco1)C(=O)C1(C)CCNC1. The number of hydrogen-bond acceptors (Lipinski definition) is 3. The fourth-order valence-electron chi connectivity index (χ4n) is 2.30. The monoisotopic (exact) mass is 236 g/mol. The average molecular weight is 236 g/mol. The molecule has 1 fully saturated rings. The summed E-state index contributed by atoms with van der Waals surface area (Å²) in [4.78, 5) is 14.3. The number of hydrogen-bond donors (Lipinski definition) is 1. The molecule has 0 aliphatic carbocycles. The molecule has 17 heavy (non-hydrogen) atoms. The molecule has 0 radical (unpaired) electrons. The van der Waals surface area contributed by atoms with Crippen LogP contribution in [-0.4, -0.2) is 30.4 Å². The minimum absolute atomic E-state index is 0.224. The molecule has 0 saturated carbocycles. The zero-order valence-electron chi connectivity index (χ0n) is 10.5. The minimum atomic E-state index is -0.247. The summed E-state index contributed by atoms with van der Waals surface area (Å²) in [6, 6.07) is 3.76. The van der Waals surface area contributed by atoms with E-state index in [1.54, 1.807) is 6.26 Å². The third kappa shape index (κ3) is 2.52. The lowest BCUT2D eigenvalue weighted by molar-refractivity contribution is -0.140. The van der Waals surface area contributed by atoms with Gasteiger partial charge in [-0.05, 0) is 38.9 Å². The third-order valence-corrected chi connectivity index (χ3v) is 3.48. The highest BCUT2D eigenvalue weighted by Crippen LogP contribution is 2.27. The van der Waals surface area contributed by atoms with Crippen LogP contribution in [0.3, 0.4) is 0 Å². The van der Waals surface area contributed by atoms with Crippen molar-refractivity contribution in [1.29, 1.82) is 0 Å². The van der Waals surface area contributed by atoms with Crippen molar-refractivity contribution in [2.75, 3.05) is 19.6 Å². The summed E-state index contributed by atoms with van der Waals surface area (Å²) in [5.74, 6) is 1.07. The van der Waals surface area contributed by atoms with Crippen LogP contribution in [0.25, 0.3) is 0 Å². The number of amides is 1. The fourth-order valence-corrected chi connectivity index (χ4v) is 2.30. The smallest absolute Gasteiger partial charge is 0.230 e. The first-order valence-corrected chi connectivity index (χ1v) is 6.18. The van der Waals surface area contributed by atoms with Crippen molar-refractivity contribution < 1.29 is 9.21 Å². The molecule has 1 N–H and O–H groups in total. The van der Waals surface area contributed by atoms with Crippen LogP contribution in [0.4, 0.5) is 0 Å². The van der Waals surface area contributed by atoms with Gasteiger partial charge in [-0.3, -0.25) is 4.79 Å². The summed E-state index contributed by atoms with van der Waals surface area (Å²) in [6.45, 7) is 7.04. The molecule has 1 aliphatic rings. The first kappa shape index (κ1) is 12.2. The van der Waals surface area contributed by atoms with Crippen molar-refractivity contribution in [3.8, 4) is 0 Å². The van der Waals surface area contributed by atoms with Gasteiger partial charge in [0.15, 0.2) is 0 Å². The lowest BCUT2D eigenvalue weighted by atomic mass is 9.88. The van der Waals surface area contributed by atoms with Gasteiger partial charge in [0.25, 0.3) is 0 Å². The van der Waals surface area contributed by atoms with E-state index in [0.29, 0.717) is 6.54 Å². The molecule has 4 heteroatoms. The Morgan fingerprint density at radius 1 is 1.65 bits per heavy atom. The minimum Gasteiger partial charge on any atom is -0.467 e. The predicted molar refractivity (Wildman–Crippen MR) is 65.4 cm³/mol. The van der Waals surface area contributed by atoms with Crippen LogP contribution in [0.2, 0.25) is 0 Å². The maximum absolute atomic E-state index is 12.5. The van der Waals surface area contributed by atoms with Crippen molar-refractivity contribution >= 4 is 5.91 Å². The maximum Gasteiger partial charge on any atom is 0.230 e. The Hall–Kier alpha value is -1.29. The Labute approximate surface area is 102 Å². The van der Waals surface area contributed by atoms with E-state index in [9.17, 15) is 4.79 Å². The van der Waals surface area contributed by atoms with Crippen LogP contribution >= 0.6 is 0 Å². The van der Waals surface area contributed by atoms with Gasteiger partial charge in [0.2, 0.25) is 5.91 Å². The molecule has 1 aliphatic heterocycles. The van der Waals surface area contributed by atoms with Crippen molar-refractivity contribution in [3.05, 3.63) is 24.2 Å². The summed E-state index contributed by atoms with van der Waals surface area (Å²) in [5.41, 5.74) is -0.247. The maximum atomic E-state index is 12.5. The van der Waals surface area contributed by atoms with E-state index in [-0.39, 0.29) is 11.3 Å². The first-order chi connectivity index (χ1) is 8.15. The van der Waals surface area contributed by atoms with Crippen LogP contribution in [0.5, 0.6) is 0 Å².